The Bertz CT molecular complexity index is 132. The molecule has 1 unspecified atom stereocenters. The van der Waals surface area contributed by atoms with E-state index in [1.807, 2.05) is 0 Å². The van der Waals surface area contributed by atoms with Crippen molar-refractivity contribution < 1.29 is 4.74 Å². The van der Waals surface area contributed by atoms with Gasteiger partial charge >= 0.3 is 0 Å². The second-order valence-electron chi connectivity index (χ2n) is 3.41. The van der Waals surface area contributed by atoms with Crippen LogP contribution in [0.2, 0.25) is 0 Å². The summed E-state index contributed by atoms with van der Waals surface area (Å²) in [6, 6.07) is 0.823. The predicted octanol–water partition coefficient (Wildman–Crippen LogP) is 0.823. The molecule has 0 N–H and O–H groups in total. The smallest absolute Gasteiger partial charge is 0.0936 e. The summed E-state index contributed by atoms with van der Waals surface area (Å²) < 4.78 is 5.19. The fraction of sp³-hybridized carbons (Fsp3) is 1.00. The van der Waals surface area contributed by atoms with Crippen LogP contribution in [0.5, 0.6) is 0 Å². The number of hydrogen-bond donors (Lipinski definition) is 0. The minimum absolute atomic E-state index is 0.561. The van der Waals surface area contributed by atoms with Gasteiger partial charge in [-0.15, -0.1) is 0 Å². The molecule has 2 aliphatic heterocycles. The van der Waals surface area contributed by atoms with Crippen molar-refractivity contribution in [2.45, 2.75) is 18.6 Å². The molecule has 2 nitrogen and oxygen atoms in total. The van der Waals surface area contributed by atoms with Crippen molar-refractivity contribution in [3.8, 4) is 0 Å². The number of hydrogen-bond acceptors (Lipinski definition) is 3. The maximum absolute atomic E-state index is 5.19. The fourth-order valence-electron chi connectivity index (χ4n) is 1.51. The van der Waals surface area contributed by atoms with Gasteiger partial charge in [0.1, 0.15) is 0 Å². The average molecular weight is 173 g/mol. The number of nitrogens with zero attached hydrogens (tertiary/aromatic N) is 1. The van der Waals surface area contributed by atoms with Gasteiger partial charge in [0, 0.05) is 18.3 Å². The summed E-state index contributed by atoms with van der Waals surface area (Å²) in [7, 11) is 2.22. The van der Waals surface area contributed by atoms with Crippen molar-refractivity contribution >= 4 is 11.8 Å². The Kier molecular flexibility index (Phi) is 2.39. The van der Waals surface area contributed by atoms with E-state index in [4.69, 9.17) is 4.74 Å². The molecule has 0 amide bonds. The van der Waals surface area contributed by atoms with E-state index >= 15 is 0 Å². The van der Waals surface area contributed by atoms with Gasteiger partial charge in [-0.2, -0.15) is 11.8 Å². The SMILES string of the molecule is CN(C[C@H]1CO1)C1CCSC1. The van der Waals surface area contributed by atoms with Crippen LogP contribution >= 0.6 is 11.8 Å². The van der Waals surface area contributed by atoms with Crippen LogP contribution < -0.4 is 0 Å². The Morgan fingerprint density at radius 1 is 1.64 bits per heavy atom. The molecular weight excluding hydrogens is 158 g/mol. The van der Waals surface area contributed by atoms with Crippen molar-refractivity contribution in [3.05, 3.63) is 0 Å². The van der Waals surface area contributed by atoms with Crippen LogP contribution in [0.25, 0.3) is 0 Å². The quantitative estimate of drug-likeness (QED) is 0.588. The number of ether oxygens (including phenoxy) is 1. The predicted molar refractivity (Wildman–Crippen MR) is 48.1 cm³/mol. The van der Waals surface area contributed by atoms with Gasteiger partial charge in [0.05, 0.1) is 12.7 Å². The Labute approximate surface area is 72.3 Å². The molecule has 64 valence electrons. The highest BCUT2D eigenvalue weighted by molar-refractivity contribution is 7.99. The van der Waals surface area contributed by atoms with Crippen molar-refractivity contribution in [2.24, 2.45) is 0 Å². The third-order valence-corrected chi connectivity index (χ3v) is 3.57. The summed E-state index contributed by atoms with van der Waals surface area (Å²) in [6.45, 7) is 2.13. The lowest BCUT2D eigenvalue weighted by Gasteiger charge is -2.21. The lowest BCUT2D eigenvalue weighted by Crippen LogP contribution is -2.34. The van der Waals surface area contributed by atoms with Crippen LogP contribution in [0.4, 0.5) is 0 Å². The maximum Gasteiger partial charge on any atom is 0.0936 e. The van der Waals surface area contributed by atoms with Gasteiger partial charge in [0.15, 0.2) is 0 Å². The van der Waals surface area contributed by atoms with Gasteiger partial charge in [-0.3, -0.25) is 4.90 Å². The first-order valence-corrected chi connectivity index (χ1v) is 5.41. The molecule has 2 atom stereocenters. The third kappa shape index (κ3) is 2.10. The molecule has 2 rings (SSSR count). The number of epoxide rings is 1. The second-order valence-corrected chi connectivity index (χ2v) is 4.56. The highest BCUT2D eigenvalue weighted by atomic mass is 32.2. The molecule has 0 aromatic rings. The van der Waals surface area contributed by atoms with Crippen LogP contribution in [0.15, 0.2) is 0 Å². The summed E-state index contributed by atoms with van der Waals surface area (Å²) in [4.78, 5) is 2.46. The number of thioether (sulfide) groups is 1. The molecule has 0 aliphatic carbocycles. The van der Waals surface area contributed by atoms with E-state index in [1.54, 1.807) is 0 Å². The Morgan fingerprint density at radius 2 is 2.45 bits per heavy atom. The molecule has 0 aromatic carbocycles. The molecule has 2 heterocycles. The summed E-state index contributed by atoms with van der Waals surface area (Å²) in [5, 5.41) is 0. The molecular formula is C8H15NOS. The minimum atomic E-state index is 0.561. The van der Waals surface area contributed by atoms with E-state index in [2.05, 4.69) is 23.7 Å². The van der Waals surface area contributed by atoms with Crippen LogP contribution in [0, 0.1) is 0 Å². The molecule has 11 heavy (non-hydrogen) atoms. The van der Waals surface area contributed by atoms with Crippen molar-refractivity contribution in [2.75, 3.05) is 31.7 Å². The number of likely N-dealkylation sites (N-methyl/N-ethyl adjacent to an activating group) is 1. The molecule has 2 fully saturated rings. The van der Waals surface area contributed by atoms with Gasteiger partial charge in [-0.25, -0.2) is 0 Å². The fourth-order valence-corrected chi connectivity index (χ4v) is 2.81. The van der Waals surface area contributed by atoms with Crippen molar-refractivity contribution in [1.82, 2.24) is 4.90 Å². The monoisotopic (exact) mass is 173 g/mol. The summed E-state index contributed by atoms with van der Waals surface area (Å²) in [6.07, 6.45) is 1.93. The van der Waals surface area contributed by atoms with Gasteiger partial charge in [0.25, 0.3) is 0 Å². The highest BCUT2D eigenvalue weighted by Crippen LogP contribution is 2.22. The van der Waals surface area contributed by atoms with Crippen molar-refractivity contribution in [3.63, 3.8) is 0 Å². The van der Waals surface area contributed by atoms with Crippen LogP contribution in [0.3, 0.4) is 0 Å². The second kappa shape index (κ2) is 3.33. The molecule has 0 aromatic heterocycles. The Balaban J connectivity index is 1.73. The summed E-state index contributed by atoms with van der Waals surface area (Å²) in [5.41, 5.74) is 0. The standard InChI is InChI=1S/C8H15NOS/c1-9(4-8-5-10-8)7-2-3-11-6-7/h7-8H,2-6H2,1H3/t7?,8-/m0/s1. The van der Waals surface area contributed by atoms with Gasteiger partial charge < -0.3 is 4.74 Å². The first-order valence-electron chi connectivity index (χ1n) is 4.26. The average Bonchev–Trinajstić information content (AvgIpc) is 2.67. The van der Waals surface area contributed by atoms with E-state index in [1.165, 1.54) is 17.9 Å². The molecule has 0 saturated carbocycles. The lowest BCUT2D eigenvalue weighted by atomic mass is 10.2. The highest BCUT2D eigenvalue weighted by Gasteiger charge is 2.28. The largest absolute Gasteiger partial charge is 0.372 e. The van der Waals surface area contributed by atoms with Gasteiger partial charge in [-0.1, -0.05) is 0 Å². The first-order chi connectivity index (χ1) is 5.36. The summed E-state index contributed by atoms with van der Waals surface area (Å²) in [5.74, 6) is 2.67. The molecule has 0 bridgehead atoms. The molecule has 0 spiro atoms. The normalized spacial score (nSPS) is 36.5. The van der Waals surface area contributed by atoms with E-state index in [0.717, 1.165) is 19.2 Å². The van der Waals surface area contributed by atoms with Crippen LogP contribution in [-0.4, -0.2) is 48.8 Å². The third-order valence-electron chi connectivity index (χ3n) is 2.42. The zero-order valence-corrected chi connectivity index (χ0v) is 7.77. The first kappa shape index (κ1) is 7.90. The van der Waals surface area contributed by atoms with Crippen LogP contribution in [-0.2, 0) is 4.74 Å². The van der Waals surface area contributed by atoms with Crippen molar-refractivity contribution in [1.29, 1.82) is 0 Å². The molecule has 2 aliphatic rings. The Hall–Kier alpha value is 0.270. The molecule has 3 heteroatoms. The van der Waals surface area contributed by atoms with E-state index in [0.29, 0.717) is 6.10 Å². The van der Waals surface area contributed by atoms with E-state index in [-0.39, 0.29) is 0 Å². The van der Waals surface area contributed by atoms with E-state index < -0.39 is 0 Å². The molecule has 2 saturated heterocycles. The van der Waals surface area contributed by atoms with Gasteiger partial charge in [0.2, 0.25) is 0 Å². The maximum atomic E-state index is 5.19. The number of rotatable bonds is 3. The summed E-state index contributed by atoms with van der Waals surface area (Å²) >= 11 is 2.08. The topological polar surface area (TPSA) is 15.8 Å². The lowest BCUT2D eigenvalue weighted by molar-refractivity contribution is 0.233. The molecule has 0 radical (unpaired) electrons. The zero-order valence-electron chi connectivity index (χ0n) is 6.95. The zero-order chi connectivity index (χ0) is 7.68. The van der Waals surface area contributed by atoms with E-state index in [9.17, 15) is 0 Å². The van der Waals surface area contributed by atoms with Crippen LogP contribution in [0.1, 0.15) is 6.42 Å². The van der Waals surface area contributed by atoms with Gasteiger partial charge in [-0.05, 0) is 19.2 Å². The minimum Gasteiger partial charge on any atom is -0.372 e. The Morgan fingerprint density at radius 3 is 3.00 bits per heavy atom.